The molecule has 0 saturated heterocycles. The molecule has 382 valence electrons. The first-order valence-corrected chi connectivity index (χ1v) is 28.5. The van der Waals surface area contributed by atoms with Crippen molar-refractivity contribution in [3.63, 3.8) is 0 Å². The topological polar surface area (TPSA) is 93.0 Å². The molecule has 0 aliphatic heterocycles. The Bertz CT molecular complexity index is 5470. The minimum Gasteiger partial charge on any atom is -0.456 e. The summed E-state index contributed by atoms with van der Waals surface area (Å²) in [6.45, 7) is 0. The summed E-state index contributed by atoms with van der Waals surface area (Å²) in [6.07, 6.45) is 0. The molecule has 0 fully saturated rings. The molecule has 0 saturated carbocycles. The van der Waals surface area contributed by atoms with Crippen LogP contribution in [0.15, 0.2) is 253 Å². The molecule has 82 heavy (non-hydrogen) atoms. The lowest BCUT2D eigenvalue weighted by atomic mass is 9.68. The number of benzene rings is 12. The van der Waals surface area contributed by atoms with Gasteiger partial charge in [0.15, 0.2) is 0 Å². The Morgan fingerprint density at radius 3 is 1.06 bits per heavy atom. The third kappa shape index (κ3) is 5.30. The number of halogens is 1. The normalized spacial score (nSPS) is 14.2. The summed E-state index contributed by atoms with van der Waals surface area (Å²) in [5.41, 5.74) is 24.9. The smallest absolute Gasteiger partial charge is 0.456 e. The molecule has 4 heterocycles. The summed E-state index contributed by atoms with van der Waals surface area (Å²) in [5, 5.41) is 29.9. The van der Waals surface area contributed by atoms with Crippen LogP contribution in [0.3, 0.4) is 0 Å². The lowest BCUT2D eigenvalue weighted by molar-refractivity contribution is 0.426. The first-order chi connectivity index (χ1) is 40.4. The molecule has 4 aliphatic rings. The lowest BCUT2D eigenvalue weighted by Crippen LogP contribution is -2.33. The zero-order valence-electron chi connectivity index (χ0n) is 43.4. The average molecular weight is 1120 g/mol. The van der Waals surface area contributed by atoms with E-state index in [9.17, 15) is 10.0 Å². The van der Waals surface area contributed by atoms with Crippen molar-refractivity contribution in [2.45, 2.75) is 10.8 Å². The third-order valence-electron chi connectivity index (χ3n) is 18.7. The van der Waals surface area contributed by atoms with E-state index in [1.807, 2.05) is 60.7 Å². The van der Waals surface area contributed by atoms with E-state index in [1.54, 1.807) is 0 Å². The van der Waals surface area contributed by atoms with Gasteiger partial charge in [0.2, 0.25) is 0 Å². The van der Waals surface area contributed by atoms with Gasteiger partial charge in [0.25, 0.3) is 0 Å². The van der Waals surface area contributed by atoms with Gasteiger partial charge in [0, 0.05) is 69.8 Å². The maximum absolute atomic E-state index is 10.8. The molecule has 0 atom stereocenters. The highest BCUT2D eigenvalue weighted by Gasteiger charge is 2.55. The summed E-state index contributed by atoms with van der Waals surface area (Å²) >= 11 is 4.01. The van der Waals surface area contributed by atoms with Crippen molar-refractivity contribution in [3.8, 4) is 44.5 Å². The van der Waals surface area contributed by atoms with Crippen LogP contribution >= 0.6 is 15.9 Å². The van der Waals surface area contributed by atoms with Crippen LogP contribution in [-0.4, -0.2) is 17.2 Å². The Kier molecular flexibility index (Phi) is 8.69. The molecular weight excluding hydrogens is 1080 g/mol. The van der Waals surface area contributed by atoms with Crippen LogP contribution in [0.5, 0.6) is 0 Å². The number of para-hydroxylation sites is 4. The van der Waals surface area contributed by atoms with E-state index in [1.165, 1.54) is 61.2 Å². The van der Waals surface area contributed by atoms with Gasteiger partial charge in [0.1, 0.15) is 44.7 Å². The average Bonchev–Trinajstić information content (AvgIpc) is 1.76. The van der Waals surface area contributed by atoms with Crippen LogP contribution in [-0.2, 0) is 10.8 Å². The molecule has 4 aromatic heterocycles. The predicted molar refractivity (Wildman–Crippen MR) is 332 cm³/mol. The van der Waals surface area contributed by atoms with Gasteiger partial charge >= 0.3 is 7.12 Å². The molecule has 0 radical (unpaired) electrons. The van der Waals surface area contributed by atoms with Crippen molar-refractivity contribution >= 4 is 116 Å². The Labute approximate surface area is 476 Å². The molecule has 2 spiro atoms. The van der Waals surface area contributed by atoms with Gasteiger partial charge < -0.3 is 27.7 Å². The Morgan fingerprint density at radius 1 is 0.293 bits per heavy atom. The molecule has 16 aromatic rings. The molecule has 0 bridgehead atoms. The summed E-state index contributed by atoms with van der Waals surface area (Å²) in [7, 11) is -1.68. The molecule has 8 heteroatoms. The van der Waals surface area contributed by atoms with Crippen molar-refractivity contribution in [2.24, 2.45) is 0 Å². The largest absolute Gasteiger partial charge is 0.489 e. The Morgan fingerprint density at radius 2 is 0.634 bits per heavy atom. The predicted octanol–water partition coefficient (Wildman–Crippen LogP) is 18.1. The molecule has 4 aliphatic carbocycles. The Hall–Kier alpha value is -9.70. The van der Waals surface area contributed by atoms with Crippen molar-refractivity contribution in [3.05, 3.63) is 280 Å². The molecule has 0 amide bonds. The maximum Gasteiger partial charge on any atom is 0.489 e. The molecule has 0 unspecified atom stereocenters. The number of rotatable bonds is 1. The van der Waals surface area contributed by atoms with Crippen molar-refractivity contribution in [1.29, 1.82) is 0 Å². The highest BCUT2D eigenvalue weighted by Crippen LogP contribution is 2.68. The van der Waals surface area contributed by atoms with Crippen LogP contribution in [0, 0.1) is 0 Å². The van der Waals surface area contributed by atoms with Crippen LogP contribution in [0.2, 0.25) is 0 Å². The molecule has 6 nitrogen and oxygen atoms in total. The van der Waals surface area contributed by atoms with E-state index in [4.69, 9.17) is 17.7 Å². The first kappa shape index (κ1) is 45.1. The Balaban J connectivity index is 0.000000122. The number of hydrogen-bond donors (Lipinski definition) is 2. The van der Waals surface area contributed by atoms with E-state index in [-0.39, 0.29) is 0 Å². The molecule has 20 rings (SSSR count). The second-order valence-corrected chi connectivity index (χ2v) is 23.1. The fraction of sp³-hybridized carbons (Fsp3) is 0.0270. The van der Waals surface area contributed by atoms with Gasteiger partial charge in [-0.3, -0.25) is 0 Å². The zero-order chi connectivity index (χ0) is 53.9. The van der Waals surface area contributed by atoms with Gasteiger partial charge in [-0.15, -0.1) is 0 Å². The van der Waals surface area contributed by atoms with Crippen molar-refractivity contribution in [2.75, 3.05) is 0 Å². The molecule has 2 N–H and O–H groups in total. The van der Waals surface area contributed by atoms with E-state index in [0.717, 1.165) is 109 Å². The van der Waals surface area contributed by atoms with Crippen LogP contribution in [0.1, 0.15) is 44.5 Å². The van der Waals surface area contributed by atoms with E-state index in [0.29, 0.717) is 16.6 Å². The van der Waals surface area contributed by atoms with Gasteiger partial charge in [-0.1, -0.05) is 204 Å². The lowest BCUT2D eigenvalue weighted by Gasteiger charge is -2.30. The van der Waals surface area contributed by atoms with E-state index < -0.39 is 17.9 Å². The van der Waals surface area contributed by atoms with Gasteiger partial charge in [-0.25, -0.2) is 0 Å². The second kappa shape index (κ2) is 15.8. The fourth-order valence-corrected chi connectivity index (χ4v) is 16.4. The minimum absolute atomic E-state index is 0.441. The molecule has 12 aromatic carbocycles. The number of hydrogen-bond acceptors (Lipinski definition) is 6. The summed E-state index contributed by atoms with van der Waals surface area (Å²) in [6, 6.07) is 80.8. The zero-order valence-corrected chi connectivity index (χ0v) is 45.0. The number of furan rings is 4. The maximum atomic E-state index is 10.8. The van der Waals surface area contributed by atoms with Gasteiger partial charge in [-0.2, -0.15) is 0 Å². The quantitative estimate of drug-likeness (QED) is 0.159. The molecular formula is C74H40BBrO6. The van der Waals surface area contributed by atoms with Crippen molar-refractivity contribution in [1.82, 2.24) is 0 Å². The highest BCUT2D eigenvalue weighted by molar-refractivity contribution is 9.10. The summed E-state index contributed by atoms with van der Waals surface area (Å²) in [5.74, 6) is 0. The van der Waals surface area contributed by atoms with Crippen LogP contribution < -0.4 is 5.46 Å². The van der Waals surface area contributed by atoms with E-state index >= 15 is 0 Å². The summed E-state index contributed by atoms with van der Waals surface area (Å²) in [4.78, 5) is 0. The van der Waals surface area contributed by atoms with Crippen LogP contribution in [0.4, 0.5) is 0 Å². The second-order valence-electron chi connectivity index (χ2n) is 22.2. The number of fused-ring (bicyclic) bond motifs is 36. The SMILES string of the molecule is Brc1cc2c(c3oc4ccccc4c13)-c1c(ccc3oc4ccccc4c13)C21c2ccccc2-c2ccccc21.OB(O)c1cc2c(c3oc4ccccc4c13)-c1c(ccc3oc4ccccc4c13)C21c2ccccc2-c2ccccc21. The minimum atomic E-state index is -1.68. The van der Waals surface area contributed by atoms with Crippen LogP contribution in [0.25, 0.3) is 132 Å². The van der Waals surface area contributed by atoms with Crippen molar-refractivity contribution < 1.29 is 27.7 Å². The first-order valence-electron chi connectivity index (χ1n) is 27.7. The van der Waals surface area contributed by atoms with Gasteiger partial charge in [0.05, 0.1) is 10.8 Å². The summed E-state index contributed by atoms with van der Waals surface area (Å²) < 4.78 is 27.4. The monoisotopic (exact) mass is 1110 g/mol. The van der Waals surface area contributed by atoms with E-state index in [2.05, 4.69) is 186 Å². The fourth-order valence-electron chi connectivity index (χ4n) is 15.8. The standard InChI is InChI=1S/C37H21BO4.C37H19BrO2/c39-38(40)28-19-27-35(36-32(28)22-11-3-8-16-30(22)42-36)34-26(17-18-31-33(34)23-12-4-7-15-29(23)41-31)37(27)24-13-5-1-9-20(24)21-10-2-6-14-25(21)37;38-28-19-27-35(36-32(28)22-11-3-8-16-30(22)40-36)34-26(17-18-31-33(34)23-12-4-7-15-29(23)39-31)37(27)24-13-5-1-9-20(24)21-10-2-6-14-25(21)37/h1-19,39-40H;1-19H. The highest BCUT2D eigenvalue weighted by atomic mass is 79.9. The third-order valence-corrected chi connectivity index (χ3v) is 19.3. The van der Waals surface area contributed by atoms with Gasteiger partial charge in [-0.05, 0) is 115 Å².